The molecule has 2 saturated carbocycles. The summed E-state index contributed by atoms with van der Waals surface area (Å²) in [5.41, 5.74) is -2.85. The van der Waals surface area contributed by atoms with Crippen molar-refractivity contribution in [1.82, 2.24) is 30.9 Å². The Kier molecular flexibility index (Phi) is 8.64. The molecule has 2 fully saturated rings. The molecule has 0 bridgehead atoms. The zero-order valence-electron chi connectivity index (χ0n) is 23.8. The zero-order valence-corrected chi connectivity index (χ0v) is 23.8. The van der Waals surface area contributed by atoms with Crippen LogP contribution in [0.25, 0.3) is 11.0 Å². The van der Waals surface area contributed by atoms with E-state index in [1.165, 1.54) is 6.07 Å². The van der Waals surface area contributed by atoms with Crippen molar-refractivity contribution in [1.29, 1.82) is 0 Å². The lowest BCUT2D eigenvalue weighted by Crippen LogP contribution is -2.42. The third-order valence-electron chi connectivity index (χ3n) is 8.01. The third-order valence-corrected chi connectivity index (χ3v) is 8.01. The van der Waals surface area contributed by atoms with Crippen LogP contribution in [-0.2, 0) is 4.79 Å². The smallest absolute Gasteiger partial charge is 0.276 e. The molecule has 0 saturated heterocycles. The van der Waals surface area contributed by atoms with Crippen molar-refractivity contribution in [2.75, 3.05) is 6.54 Å². The predicted octanol–water partition coefficient (Wildman–Crippen LogP) is 5.81. The first kappa shape index (κ1) is 31.7. The molecule has 9 nitrogen and oxygen atoms in total. The van der Waals surface area contributed by atoms with E-state index in [1.807, 2.05) is 5.32 Å². The normalized spacial score (nSPS) is 19.6. The molecule has 16 heteroatoms. The first-order valence-corrected chi connectivity index (χ1v) is 14.2. The van der Waals surface area contributed by atoms with Gasteiger partial charge >= 0.3 is 0 Å². The maximum Gasteiger partial charge on any atom is 0.276 e. The lowest BCUT2D eigenvalue weighted by Gasteiger charge is -2.33. The van der Waals surface area contributed by atoms with Gasteiger partial charge in [0.05, 0.1) is 18.1 Å². The van der Waals surface area contributed by atoms with Gasteiger partial charge in [-0.05, 0) is 56.7 Å². The Hall–Kier alpha value is -3.72. The second-order valence-corrected chi connectivity index (χ2v) is 12.1. The number of aromatic nitrogens is 4. The molecule has 2 aliphatic rings. The van der Waals surface area contributed by atoms with E-state index in [1.54, 1.807) is 0 Å². The number of halogens is 7. The number of alkyl halides is 6. The number of aromatic amines is 1. The maximum absolute atomic E-state index is 15.9. The predicted molar refractivity (Wildman–Crippen MR) is 141 cm³/mol. The van der Waals surface area contributed by atoms with E-state index in [0.29, 0.717) is 5.69 Å². The van der Waals surface area contributed by atoms with Gasteiger partial charge in [0.1, 0.15) is 28.6 Å². The standard InChI is InChI=1S/C28H31F7N6O3/c1-27(2,33)11-36-25(42)16(18(30)23(31)32)14-5-6-15-21(17(14)29)38-24(37-15)20(13-7-9-28(34,35)10-8-13)39-26(43)22-19(12-3-4-12)40-44-41-22/h5-6,12-13,16,18,20,23H,3-4,7-11H2,1-2H3,(H,36,42)(H,37,38)(H,39,43)/t16-,18?,20-/m0/s1. The molecule has 0 spiro atoms. The van der Waals surface area contributed by atoms with E-state index >= 15 is 4.39 Å². The molecule has 2 aromatic heterocycles. The number of hydrogen-bond acceptors (Lipinski definition) is 6. The molecule has 0 radical (unpaired) electrons. The topological polar surface area (TPSA) is 126 Å². The van der Waals surface area contributed by atoms with Crippen LogP contribution in [0.1, 0.15) is 97.8 Å². The Morgan fingerprint density at radius 3 is 2.41 bits per heavy atom. The molecule has 5 rings (SSSR count). The molecule has 1 unspecified atom stereocenters. The molecule has 2 amide bonds. The summed E-state index contributed by atoms with van der Waals surface area (Å²) in [7, 11) is 0. The number of nitrogens with zero attached hydrogens (tertiary/aromatic N) is 3. The number of H-pyrrole nitrogens is 1. The van der Waals surface area contributed by atoms with Gasteiger partial charge in [0.15, 0.2) is 17.7 Å². The molecule has 44 heavy (non-hydrogen) atoms. The summed E-state index contributed by atoms with van der Waals surface area (Å²) in [5, 5.41) is 12.3. The average molecular weight is 633 g/mol. The van der Waals surface area contributed by atoms with E-state index in [2.05, 4.69) is 25.6 Å². The molecule has 2 heterocycles. The molecule has 3 aromatic rings. The molecule has 3 atom stereocenters. The fourth-order valence-corrected chi connectivity index (χ4v) is 5.47. The summed E-state index contributed by atoms with van der Waals surface area (Å²) in [6.45, 7) is 1.57. The second-order valence-electron chi connectivity index (χ2n) is 12.1. The summed E-state index contributed by atoms with van der Waals surface area (Å²) in [6.07, 6.45) is -6.16. The van der Waals surface area contributed by atoms with Crippen LogP contribution >= 0.6 is 0 Å². The highest BCUT2D eigenvalue weighted by Crippen LogP contribution is 2.43. The number of fused-ring (bicyclic) bond motifs is 1. The van der Waals surface area contributed by atoms with Crippen LogP contribution in [0.15, 0.2) is 16.8 Å². The van der Waals surface area contributed by atoms with Crippen molar-refractivity contribution in [3.8, 4) is 0 Å². The van der Waals surface area contributed by atoms with Gasteiger partial charge in [0.2, 0.25) is 11.8 Å². The Bertz CT molecular complexity index is 1510. The van der Waals surface area contributed by atoms with Crippen LogP contribution in [0.2, 0.25) is 0 Å². The summed E-state index contributed by atoms with van der Waals surface area (Å²) in [5.74, 6) is -9.17. The van der Waals surface area contributed by atoms with Gasteiger partial charge in [-0.1, -0.05) is 11.2 Å². The van der Waals surface area contributed by atoms with Crippen molar-refractivity contribution in [2.45, 2.75) is 94.4 Å². The number of amides is 2. The van der Waals surface area contributed by atoms with Crippen molar-refractivity contribution >= 4 is 22.8 Å². The van der Waals surface area contributed by atoms with Crippen LogP contribution in [-0.4, -0.2) is 62.8 Å². The number of imidazole rings is 1. The van der Waals surface area contributed by atoms with Gasteiger partial charge in [-0.15, -0.1) is 0 Å². The monoisotopic (exact) mass is 632 g/mol. The van der Waals surface area contributed by atoms with E-state index < -0.39 is 90.2 Å². The highest BCUT2D eigenvalue weighted by molar-refractivity contribution is 5.93. The highest BCUT2D eigenvalue weighted by Gasteiger charge is 2.42. The van der Waals surface area contributed by atoms with Gasteiger partial charge in [-0.25, -0.2) is 40.3 Å². The van der Waals surface area contributed by atoms with Gasteiger partial charge in [0, 0.05) is 24.3 Å². The molecule has 3 N–H and O–H groups in total. The minimum atomic E-state index is -3.66. The summed E-state index contributed by atoms with van der Waals surface area (Å²) in [6, 6.07) is 1.10. The van der Waals surface area contributed by atoms with E-state index in [9.17, 15) is 35.9 Å². The summed E-state index contributed by atoms with van der Waals surface area (Å²) >= 11 is 0. The van der Waals surface area contributed by atoms with Crippen LogP contribution < -0.4 is 10.6 Å². The Morgan fingerprint density at radius 2 is 1.80 bits per heavy atom. The van der Waals surface area contributed by atoms with Crippen molar-refractivity contribution < 1.29 is 45.0 Å². The SMILES string of the molecule is CC(C)(F)CNC(=O)[C@@H](c1ccc2[nH]c([C@@H](NC(=O)c3nonc3C3CC3)C3CCC(F)(F)CC3)nc2c1F)C(F)C(F)F. The first-order valence-electron chi connectivity index (χ1n) is 14.2. The first-order chi connectivity index (χ1) is 20.6. The third kappa shape index (κ3) is 6.83. The maximum atomic E-state index is 15.9. The molecule has 1 aromatic carbocycles. The molecule has 0 aliphatic heterocycles. The van der Waals surface area contributed by atoms with Gasteiger partial charge in [-0.2, -0.15) is 0 Å². The summed E-state index contributed by atoms with van der Waals surface area (Å²) < 4.78 is 104. The fraction of sp³-hybridized carbons (Fsp3) is 0.607. The average Bonchev–Trinajstić information content (AvgIpc) is 3.50. The number of rotatable bonds is 11. The van der Waals surface area contributed by atoms with Crippen LogP contribution in [0.4, 0.5) is 30.7 Å². The fourth-order valence-electron chi connectivity index (χ4n) is 5.47. The van der Waals surface area contributed by atoms with E-state index in [0.717, 1.165) is 32.8 Å². The number of carbonyl (C=O) groups excluding carboxylic acids is 2. The number of nitrogens with one attached hydrogen (secondary N) is 3. The van der Waals surface area contributed by atoms with Gasteiger partial charge in [0.25, 0.3) is 12.3 Å². The Labute approximate surface area is 246 Å². The van der Waals surface area contributed by atoms with Crippen LogP contribution in [0.3, 0.4) is 0 Å². The Morgan fingerprint density at radius 1 is 1.11 bits per heavy atom. The molecule has 2 aliphatic carbocycles. The van der Waals surface area contributed by atoms with Crippen molar-refractivity contribution in [3.05, 3.63) is 40.7 Å². The molecule has 240 valence electrons. The Balaban J connectivity index is 1.50. The van der Waals surface area contributed by atoms with E-state index in [-0.39, 0.29) is 35.8 Å². The second kappa shape index (κ2) is 12.0. The summed E-state index contributed by atoms with van der Waals surface area (Å²) in [4.78, 5) is 33.1. The number of carbonyl (C=O) groups is 2. The van der Waals surface area contributed by atoms with Crippen molar-refractivity contribution in [2.24, 2.45) is 5.92 Å². The van der Waals surface area contributed by atoms with E-state index in [4.69, 9.17) is 4.63 Å². The quantitative estimate of drug-likeness (QED) is 0.229. The minimum absolute atomic E-state index is 0.00114. The van der Waals surface area contributed by atoms with Crippen LogP contribution in [0, 0.1) is 11.7 Å². The van der Waals surface area contributed by atoms with Crippen LogP contribution in [0.5, 0.6) is 0 Å². The van der Waals surface area contributed by atoms with Gasteiger partial charge < -0.3 is 15.6 Å². The molecular formula is C28H31F7N6O3. The lowest BCUT2D eigenvalue weighted by molar-refractivity contribution is -0.126. The lowest BCUT2D eigenvalue weighted by atomic mass is 9.81. The minimum Gasteiger partial charge on any atom is -0.352 e. The largest absolute Gasteiger partial charge is 0.352 e. The highest BCUT2D eigenvalue weighted by atomic mass is 19.3. The van der Waals surface area contributed by atoms with Gasteiger partial charge in [-0.3, -0.25) is 9.59 Å². The number of hydrogen-bond donors (Lipinski definition) is 3. The van der Waals surface area contributed by atoms with Crippen molar-refractivity contribution in [3.63, 3.8) is 0 Å². The number of benzene rings is 1. The zero-order chi connectivity index (χ0) is 32.0. The molecular weight excluding hydrogens is 601 g/mol.